The number of carbonyl (C=O) groups is 2. The lowest BCUT2D eigenvalue weighted by Gasteiger charge is -2.18. The molecule has 0 unspecified atom stereocenters. The highest BCUT2D eigenvalue weighted by Gasteiger charge is 2.24. The zero-order valence-electron chi connectivity index (χ0n) is 16.8. The highest BCUT2D eigenvalue weighted by molar-refractivity contribution is 8.18. The predicted octanol–water partition coefficient (Wildman–Crippen LogP) is 3.98. The maximum Gasteiger partial charge on any atom is 0.290 e. The first-order valence-electron chi connectivity index (χ1n) is 9.66. The molecule has 0 atom stereocenters. The number of rotatable bonds is 7. The number of imide groups is 1. The Balaban J connectivity index is 1.32. The first-order valence-corrected chi connectivity index (χ1v) is 10.5. The topological polar surface area (TPSA) is 84.4 Å². The number of benzene rings is 2. The molecule has 0 aliphatic carbocycles. The molecule has 31 heavy (non-hydrogen) atoms. The van der Waals surface area contributed by atoms with E-state index in [-0.39, 0.29) is 11.1 Å². The summed E-state index contributed by atoms with van der Waals surface area (Å²) < 4.78 is 5.82. The van der Waals surface area contributed by atoms with Gasteiger partial charge in [0.05, 0.1) is 17.1 Å². The Bertz CT molecular complexity index is 1120. The van der Waals surface area contributed by atoms with Gasteiger partial charge in [0, 0.05) is 18.8 Å². The minimum absolute atomic E-state index is 0.349. The standard InChI is InChI=1S/C23H20N4O3S/c1-27(22-24-12-11-19(25-22)17-5-3-2-4-6-17)13-14-30-18-9-7-16(8-10-18)15-20-21(28)26-23(29)31-20/h2-12,15H,13-14H2,1H3,(H,26,28,29)/b20-15-. The molecule has 0 spiro atoms. The molecule has 7 nitrogen and oxygen atoms in total. The third kappa shape index (κ3) is 5.29. The van der Waals surface area contributed by atoms with Crippen LogP contribution >= 0.6 is 11.8 Å². The molecular formula is C23H20N4O3S. The number of thioether (sulfide) groups is 1. The molecule has 1 aliphatic rings. The fraction of sp³-hybridized carbons (Fsp3) is 0.130. The Morgan fingerprint density at radius 3 is 2.55 bits per heavy atom. The number of ether oxygens (including phenoxy) is 1. The molecule has 0 radical (unpaired) electrons. The first kappa shape index (κ1) is 20.6. The fourth-order valence-corrected chi connectivity index (χ4v) is 3.62. The molecule has 2 heterocycles. The third-order valence-corrected chi connectivity index (χ3v) is 5.38. The lowest BCUT2D eigenvalue weighted by Crippen LogP contribution is -2.25. The number of nitrogens with one attached hydrogen (secondary N) is 1. The Kier molecular flexibility index (Phi) is 6.28. The summed E-state index contributed by atoms with van der Waals surface area (Å²) in [5.74, 6) is 0.986. The van der Waals surface area contributed by atoms with Crippen LogP contribution in [0.15, 0.2) is 71.8 Å². The number of anilines is 1. The van der Waals surface area contributed by atoms with Crippen LogP contribution in [0.2, 0.25) is 0 Å². The maximum atomic E-state index is 11.6. The van der Waals surface area contributed by atoms with Crippen molar-refractivity contribution in [1.82, 2.24) is 15.3 Å². The van der Waals surface area contributed by atoms with E-state index in [0.29, 0.717) is 29.8 Å². The highest BCUT2D eigenvalue weighted by atomic mass is 32.2. The van der Waals surface area contributed by atoms with E-state index in [4.69, 9.17) is 4.74 Å². The van der Waals surface area contributed by atoms with Crippen LogP contribution < -0.4 is 15.0 Å². The Morgan fingerprint density at radius 2 is 1.84 bits per heavy atom. The summed E-state index contributed by atoms with van der Waals surface area (Å²) in [4.78, 5) is 34.2. The Morgan fingerprint density at radius 1 is 1.06 bits per heavy atom. The van der Waals surface area contributed by atoms with Crippen molar-refractivity contribution in [3.63, 3.8) is 0 Å². The maximum absolute atomic E-state index is 11.6. The van der Waals surface area contributed by atoms with E-state index < -0.39 is 0 Å². The number of hydrogen-bond donors (Lipinski definition) is 1. The third-order valence-electron chi connectivity index (χ3n) is 4.57. The Labute approximate surface area is 184 Å². The molecule has 1 aliphatic heterocycles. The van der Waals surface area contributed by atoms with E-state index in [1.807, 2.05) is 72.6 Å². The van der Waals surface area contributed by atoms with Crippen molar-refractivity contribution in [2.75, 3.05) is 25.1 Å². The average Bonchev–Trinajstić information content (AvgIpc) is 3.12. The van der Waals surface area contributed by atoms with Gasteiger partial charge in [0.2, 0.25) is 5.95 Å². The summed E-state index contributed by atoms with van der Waals surface area (Å²) in [6.45, 7) is 1.07. The molecule has 156 valence electrons. The molecule has 4 rings (SSSR count). The molecule has 2 aromatic carbocycles. The second-order valence-electron chi connectivity index (χ2n) is 6.80. The molecule has 1 fully saturated rings. The van der Waals surface area contributed by atoms with E-state index in [1.165, 1.54) is 0 Å². The monoisotopic (exact) mass is 432 g/mol. The number of amides is 2. The van der Waals surface area contributed by atoms with Gasteiger partial charge in [-0.1, -0.05) is 42.5 Å². The van der Waals surface area contributed by atoms with Gasteiger partial charge in [0.1, 0.15) is 12.4 Å². The number of aromatic nitrogens is 2. The smallest absolute Gasteiger partial charge is 0.290 e. The molecule has 3 aromatic rings. The second-order valence-corrected chi connectivity index (χ2v) is 7.81. The van der Waals surface area contributed by atoms with Crippen LogP contribution in [0.3, 0.4) is 0 Å². The SMILES string of the molecule is CN(CCOc1ccc(/C=C2\SC(=O)NC2=O)cc1)c1nccc(-c2ccccc2)n1. The largest absolute Gasteiger partial charge is 0.492 e. The van der Waals surface area contributed by atoms with E-state index in [9.17, 15) is 9.59 Å². The number of hydrogen-bond acceptors (Lipinski definition) is 7. The van der Waals surface area contributed by atoms with Crippen LogP contribution in [0.5, 0.6) is 5.75 Å². The molecule has 0 saturated carbocycles. The predicted molar refractivity (Wildman–Crippen MR) is 122 cm³/mol. The highest BCUT2D eigenvalue weighted by Crippen LogP contribution is 2.26. The van der Waals surface area contributed by atoms with Crippen molar-refractivity contribution in [2.24, 2.45) is 0 Å². The van der Waals surface area contributed by atoms with Crippen LogP contribution in [0.1, 0.15) is 5.56 Å². The summed E-state index contributed by atoms with van der Waals surface area (Å²) in [5, 5.41) is 1.89. The van der Waals surface area contributed by atoms with Crippen LogP contribution in [-0.2, 0) is 4.79 Å². The lowest BCUT2D eigenvalue weighted by molar-refractivity contribution is -0.115. The van der Waals surface area contributed by atoms with Crippen molar-refractivity contribution >= 4 is 34.9 Å². The van der Waals surface area contributed by atoms with Crippen molar-refractivity contribution in [2.45, 2.75) is 0 Å². The molecule has 1 aromatic heterocycles. The van der Waals surface area contributed by atoms with E-state index in [2.05, 4.69) is 15.3 Å². The summed E-state index contributed by atoms with van der Waals surface area (Å²) in [6, 6.07) is 19.2. The van der Waals surface area contributed by atoms with Gasteiger partial charge in [-0.2, -0.15) is 0 Å². The van der Waals surface area contributed by atoms with Crippen molar-refractivity contribution in [1.29, 1.82) is 0 Å². The summed E-state index contributed by atoms with van der Waals surface area (Å²) >= 11 is 0.900. The number of nitrogens with zero attached hydrogens (tertiary/aromatic N) is 3. The summed E-state index contributed by atoms with van der Waals surface area (Å²) in [6.07, 6.45) is 3.44. The molecule has 0 bridgehead atoms. The minimum Gasteiger partial charge on any atom is -0.492 e. The van der Waals surface area contributed by atoms with Gasteiger partial charge in [-0.3, -0.25) is 14.9 Å². The zero-order chi connectivity index (χ0) is 21.6. The molecular weight excluding hydrogens is 412 g/mol. The average molecular weight is 433 g/mol. The van der Waals surface area contributed by atoms with Crippen molar-refractivity contribution in [3.05, 3.63) is 77.3 Å². The van der Waals surface area contributed by atoms with Gasteiger partial charge >= 0.3 is 0 Å². The van der Waals surface area contributed by atoms with E-state index in [1.54, 1.807) is 12.3 Å². The molecule has 8 heteroatoms. The van der Waals surface area contributed by atoms with Gasteiger partial charge in [-0.05, 0) is 41.6 Å². The van der Waals surface area contributed by atoms with Gasteiger partial charge in [0.25, 0.3) is 11.1 Å². The van der Waals surface area contributed by atoms with Crippen molar-refractivity contribution in [3.8, 4) is 17.0 Å². The molecule has 2 amide bonds. The number of likely N-dealkylation sites (N-methyl/N-ethyl adjacent to an activating group) is 1. The summed E-state index contributed by atoms with van der Waals surface area (Å²) in [5.41, 5.74) is 2.74. The van der Waals surface area contributed by atoms with Gasteiger partial charge in [0.15, 0.2) is 0 Å². The van der Waals surface area contributed by atoms with E-state index in [0.717, 1.165) is 28.6 Å². The first-order chi connectivity index (χ1) is 15.1. The van der Waals surface area contributed by atoms with E-state index >= 15 is 0 Å². The van der Waals surface area contributed by atoms with Gasteiger partial charge < -0.3 is 9.64 Å². The lowest BCUT2D eigenvalue weighted by atomic mass is 10.1. The minimum atomic E-state index is -0.364. The quantitative estimate of drug-likeness (QED) is 0.565. The number of carbonyl (C=O) groups excluding carboxylic acids is 2. The zero-order valence-corrected chi connectivity index (χ0v) is 17.6. The molecule has 1 saturated heterocycles. The van der Waals surface area contributed by atoms with Gasteiger partial charge in [-0.25, -0.2) is 9.97 Å². The summed E-state index contributed by atoms with van der Waals surface area (Å²) in [7, 11) is 1.92. The molecule has 1 N–H and O–H groups in total. The van der Waals surface area contributed by atoms with Gasteiger partial charge in [-0.15, -0.1) is 0 Å². The van der Waals surface area contributed by atoms with Crippen LogP contribution in [0, 0.1) is 0 Å². The van der Waals surface area contributed by atoms with Crippen LogP contribution in [0.4, 0.5) is 10.7 Å². The Hall–Kier alpha value is -3.65. The second kappa shape index (κ2) is 9.44. The van der Waals surface area contributed by atoms with Crippen molar-refractivity contribution < 1.29 is 14.3 Å². The fourth-order valence-electron chi connectivity index (χ4n) is 2.94. The van der Waals surface area contributed by atoms with Crippen LogP contribution in [-0.4, -0.2) is 41.3 Å². The normalized spacial score (nSPS) is 14.5. The van der Waals surface area contributed by atoms with Crippen LogP contribution in [0.25, 0.3) is 17.3 Å².